The first-order valence-electron chi connectivity index (χ1n) is 7.57. The molecule has 0 aliphatic carbocycles. The van der Waals surface area contributed by atoms with E-state index in [1.165, 1.54) is 0 Å². The summed E-state index contributed by atoms with van der Waals surface area (Å²) in [7, 11) is 0. The van der Waals surface area contributed by atoms with Gasteiger partial charge in [0.25, 0.3) is 0 Å². The smallest absolute Gasteiger partial charge is 0.227 e. The molecule has 5 nitrogen and oxygen atoms in total. The lowest BCUT2D eigenvalue weighted by Crippen LogP contribution is -2.35. The summed E-state index contributed by atoms with van der Waals surface area (Å²) >= 11 is 6.21. The Balaban J connectivity index is 0.00000192. The van der Waals surface area contributed by atoms with Crippen molar-refractivity contribution in [2.24, 2.45) is 11.1 Å². The van der Waals surface area contributed by atoms with Crippen molar-refractivity contribution < 1.29 is 14.3 Å². The Bertz CT molecular complexity index is 597. The predicted octanol–water partition coefficient (Wildman–Crippen LogP) is 2.27. The molecular formula is C16H22Cl2N2O3. The molecule has 1 aromatic rings. The second-order valence-electron chi connectivity index (χ2n) is 6.36. The van der Waals surface area contributed by atoms with Gasteiger partial charge in [0.05, 0.1) is 11.4 Å². The number of nitrogens with two attached hydrogens (primary N) is 1. The second-order valence-corrected chi connectivity index (χ2v) is 6.77. The molecule has 3 rings (SSSR count). The third-order valence-corrected chi connectivity index (χ3v) is 4.70. The van der Waals surface area contributed by atoms with E-state index in [0.29, 0.717) is 42.7 Å². The first kappa shape index (κ1) is 18.2. The number of carbonyl (C=O) groups excluding carboxylic acids is 1. The molecule has 1 fully saturated rings. The van der Waals surface area contributed by atoms with Gasteiger partial charge in [0, 0.05) is 13.1 Å². The molecule has 0 saturated carbocycles. The zero-order valence-corrected chi connectivity index (χ0v) is 14.7. The highest BCUT2D eigenvalue weighted by Gasteiger charge is 2.34. The molecule has 2 heterocycles. The fraction of sp³-hybridized carbons (Fsp3) is 0.562. The number of likely N-dealkylation sites (tertiary alicyclic amines) is 1. The molecule has 2 aliphatic heterocycles. The van der Waals surface area contributed by atoms with Crippen molar-refractivity contribution in [1.29, 1.82) is 0 Å². The molecule has 1 aromatic carbocycles. The van der Waals surface area contributed by atoms with Gasteiger partial charge in [-0.2, -0.15) is 0 Å². The Labute approximate surface area is 147 Å². The Morgan fingerprint density at radius 1 is 1.39 bits per heavy atom. The number of amides is 1. The highest BCUT2D eigenvalue weighted by atomic mass is 35.5. The third kappa shape index (κ3) is 3.84. The minimum absolute atomic E-state index is 0. The summed E-state index contributed by atoms with van der Waals surface area (Å²) in [6.45, 7) is 5.22. The van der Waals surface area contributed by atoms with Crippen LogP contribution in [0.3, 0.4) is 0 Å². The van der Waals surface area contributed by atoms with Gasteiger partial charge in [0.1, 0.15) is 13.2 Å². The standard InChI is InChI=1S/C16H21ClN2O3.ClH/c1-16(9-18)2-3-19(10-16)14(20)8-11-6-12(17)15-13(7-11)21-4-5-22-15;/h6-7H,2-5,8-10,18H2,1H3;1H. The highest BCUT2D eigenvalue weighted by molar-refractivity contribution is 6.32. The van der Waals surface area contributed by atoms with E-state index in [9.17, 15) is 4.79 Å². The SMILES string of the molecule is CC1(CN)CCN(C(=O)Cc2cc(Cl)c3c(c2)OCCO3)C1.Cl. The molecule has 1 atom stereocenters. The van der Waals surface area contributed by atoms with Crippen molar-refractivity contribution in [3.8, 4) is 11.5 Å². The topological polar surface area (TPSA) is 64.8 Å². The van der Waals surface area contributed by atoms with Gasteiger partial charge in [-0.15, -0.1) is 12.4 Å². The van der Waals surface area contributed by atoms with Gasteiger partial charge in [-0.05, 0) is 36.1 Å². The fourth-order valence-electron chi connectivity index (χ4n) is 2.96. The molecule has 1 saturated heterocycles. The predicted molar refractivity (Wildman–Crippen MR) is 91.8 cm³/mol. The summed E-state index contributed by atoms with van der Waals surface area (Å²) in [6, 6.07) is 3.63. The van der Waals surface area contributed by atoms with Crippen LogP contribution in [0.15, 0.2) is 12.1 Å². The molecule has 0 spiro atoms. The third-order valence-electron chi connectivity index (χ3n) is 4.42. The molecule has 128 valence electrons. The van der Waals surface area contributed by atoms with Crippen LogP contribution in [0, 0.1) is 5.41 Å². The number of benzene rings is 1. The number of halogens is 2. The van der Waals surface area contributed by atoms with E-state index in [4.69, 9.17) is 26.8 Å². The lowest BCUT2D eigenvalue weighted by Gasteiger charge is -2.23. The van der Waals surface area contributed by atoms with E-state index >= 15 is 0 Å². The van der Waals surface area contributed by atoms with Gasteiger partial charge < -0.3 is 20.1 Å². The average molecular weight is 361 g/mol. The summed E-state index contributed by atoms with van der Waals surface area (Å²) in [5, 5.41) is 0.494. The molecular weight excluding hydrogens is 339 g/mol. The van der Waals surface area contributed by atoms with E-state index in [-0.39, 0.29) is 23.7 Å². The van der Waals surface area contributed by atoms with Gasteiger partial charge in [-0.1, -0.05) is 18.5 Å². The minimum Gasteiger partial charge on any atom is -0.486 e. The van der Waals surface area contributed by atoms with Crippen LogP contribution in [0.25, 0.3) is 0 Å². The van der Waals surface area contributed by atoms with E-state index in [1.807, 2.05) is 11.0 Å². The number of carbonyl (C=O) groups is 1. The van der Waals surface area contributed by atoms with Crippen molar-refractivity contribution in [1.82, 2.24) is 4.90 Å². The van der Waals surface area contributed by atoms with Crippen LogP contribution in [0.2, 0.25) is 5.02 Å². The number of hydrogen-bond donors (Lipinski definition) is 1. The minimum atomic E-state index is 0. The fourth-order valence-corrected chi connectivity index (χ4v) is 3.24. The van der Waals surface area contributed by atoms with Crippen molar-refractivity contribution in [3.05, 3.63) is 22.7 Å². The Morgan fingerprint density at radius 2 is 2.13 bits per heavy atom. The molecule has 1 amide bonds. The number of rotatable bonds is 3. The molecule has 7 heteroatoms. The molecule has 2 N–H and O–H groups in total. The van der Waals surface area contributed by atoms with E-state index in [2.05, 4.69) is 6.92 Å². The molecule has 2 aliphatic rings. The highest BCUT2D eigenvalue weighted by Crippen LogP contribution is 2.38. The van der Waals surface area contributed by atoms with Gasteiger partial charge in [-0.3, -0.25) is 4.79 Å². The van der Waals surface area contributed by atoms with Crippen LogP contribution >= 0.6 is 24.0 Å². The van der Waals surface area contributed by atoms with Crippen LogP contribution < -0.4 is 15.2 Å². The van der Waals surface area contributed by atoms with Crippen molar-refractivity contribution in [3.63, 3.8) is 0 Å². The van der Waals surface area contributed by atoms with Crippen molar-refractivity contribution in [2.75, 3.05) is 32.8 Å². The van der Waals surface area contributed by atoms with Crippen molar-refractivity contribution in [2.45, 2.75) is 19.8 Å². The maximum atomic E-state index is 12.5. The van der Waals surface area contributed by atoms with Gasteiger partial charge >= 0.3 is 0 Å². The van der Waals surface area contributed by atoms with Crippen LogP contribution in [-0.4, -0.2) is 43.7 Å². The number of fused-ring (bicyclic) bond motifs is 1. The van der Waals surface area contributed by atoms with E-state index < -0.39 is 0 Å². The van der Waals surface area contributed by atoms with Crippen LogP contribution in [0.1, 0.15) is 18.9 Å². The number of nitrogens with zero attached hydrogens (tertiary/aromatic N) is 1. The zero-order chi connectivity index (χ0) is 15.7. The van der Waals surface area contributed by atoms with E-state index in [0.717, 1.165) is 25.1 Å². The van der Waals surface area contributed by atoms with Crippen LogP contribution in [0.5, 0.6) is 11.5 Å². The monoisotopic (exact) mass is 360 g/mol. The molecule has 1 unspecified atom stereocenters. The first-order chi connectivity index (χ1) is 10.5. The maximum absolute atomic E-state index is 12.5. The summed E-state index contributed by atoms with van der Waals surface area (Å²) in [5.74, 6) is 1.29. The largest absolute Gasteiger partial charge is 0.486 e. The molecule has 0 bridgehead atoms. The van der Waals surface area contributed by atoms with Gasteiger partial charge in [0.2, 0.25) is 5.91 Å². The molecule has 0 aromatic heterocycles. The first-order valence-corrected chi connectivity index (χ1v) is 7.94. The number of hydrogen-bond acceptors (Lipinski definition) is 4. The van der Waals surface area contributed by atoms with E-state index in [1.54, 1.807) is 6.07 Å². The summed E-state index contributed by atoms with van der Waals surface area (Å²) in [4.78, 5) is 14.4. The number of ether oxygens (including phenoxy) is 2. The maximum Gasteiger partial charge on any atom is 0.227 e. The van der Waals surface area contributed by atoms with Crippen LogP contribution in [-0.2, 0) is 11.2 Å². The summed E-state index contributed by atoms with van der Waals surface area (Å²) < 4.78 is 11.0. The summed E-state index contributed by atoms with van der Waals surface area (Å²) in [5.41, 5.74) is 6.68. The lowest BCUT2D eigenvalue weighted by molar-refractivity contribution is -0.129. The van der Waals surface area contributed by atoms with Crippen LogP contribution in [0.4, 0.5) is 0 Å². The quantitative estimate of drug-likeness (QED) is 0.897. The lowest BCUT2D eigenvalue weighted by atomic mass is 9.90. The second kappa shape index (κ2) is 7.16. The summed E-state index contributed by atoms with van der Waals surface area (Å²) in [6.07, 6.45) is 1.27. The van der Waals surface area contributed by atoms with Gasteiger partial charge in [-0.25, -0.2) is 0 Å². The molecule has 23 heavy (non-hydrogen) atoms. The Morgan fingerprint density at radius 3 is 2.83 bits per heavy atom. The van der Waals surface area contributed by atoms with Gasteiger partial charge in [0.15, 0.2) is 11.5 Å². The molecule has 0 radical (unpaired) electrons. The average Bonchev–Trinajstić information content (AvgIpc) is 2.91. The normalized spacial score (nSPS) is 22.7. The zero-order valence-electron chi connectivity index (χ0n) is 13.1. The Hall–Kier alpha value is -1.17. The van der Waals surface area contributed by atoms with Crippen molar-refractivity contribution >= 4 is 29.9 Å². The Kier molecular flexibility index (Phi) is 5.65.